The second-order valence-electron chi connectivity index (χ2n) is 7.92. The van der Waals surface area contributed by atoms with Crippen LogP contribution in [0.5, 0.6) is 5.75 Å². The van der Waals surface area contributed by atoms with Crippen LogP contribution in [0.3, 0.4) is 0 Å². The minimum Gasteiger partial charge on any atom is -0.497 e. The number of hydrogen-bond acceptors (Lipinski definition) is 5. The molecule has 32 heavy (non-hydrogen) atoms. The number of Topliss-reactive ketones (excluding diaryl/α,β-unsaturated/α-hetero) is 1. The van der Waals surface area contributed by atoms with E-state index in [1.165, 1.54) is 0 Å². The number of fused-ring (bicyclic) bond motifs is 3. The molecular formula is C25H22ClN3O3. The van der Waals surface area contributed by atoms with Gasteiger partial charge >= 0.3 is 0 Å². The Labute approximate surface area is 190 Å². The number of carbonyl (C=O) groups excluding carboxylic acids is 1. The van der Waals surface area contributed by atoms with Gasteiger partial charge in [-0.2, -0.15) is 5.10 Å². The number of aromatic nitrogens is 3. The minimum atomic E-state index is 0.0406. The summed E-state index contributed by atoms with van der Waals surface area (Å²) < 4.78 is 12.5. The largest absolute Gasteiger partial charge is 0.497 e. The average Bonchev–Trinajstić information content (AvgIpc) is 3.18. The zero-order chi connectivity index (χ0) is 22.2. The van der Waals surface area contributed by atoms with E-state index in [9.17, 15) is 4.79 Å². The van der Waals surface area contributed by atoms with Crippen molar-refractivity contribution in [1.82, 2.24) is 14.6 Å². The first kappa shape index (κ1) is 20.7. The summed E-state index contributed by atoms with van der Waals surface area (Å²) >= 11 is 6.21. The van der Waals surface area contributed by atoms with E-state index < -0.39 is 0 Å². The molecule has 162 valence electrons. The molecule has 0 radical (unpaired) electrons. The normalized spacial score (nSPS) is 15.7. The van der Waals surface area contributed by atoms with Gasteiger partial charge in [-0.05, 0) is 47.7 Å². The summed E-state index contributed by atoms with van der Waals surface area (Å²) in [5, 5.41) is 5.50. The number of hydrogen-bond donors (Lipinski definition) is 0. The van der Waals surface area contributed by atoms with Crippen LogP contribution in [-0.4, -0.2) is 34.6 Å². The van der Waals surface area contributed by atoms with E-state index in [0.29, 0.717) is 35.7 Å². The fourth-order valence-electron chi connectivity index (χ4n) is 4.43. The predicted octanol–water partition coefficient (Wildman–Crippen LogP) is 5.12. The molecule has 2 aromatic heterocycles. The molecule has 6 nitrogen and oxygen atoms in total. The molecule has 1 unspecified atom stereocenters. The van der Waals surface area contributed by atoms with Crippen molar-refractivity contribution in [2.45, 2.75) is 25.4 Å². The lowest BCUT2D eigenvalue weighted by atomic mass is 9.82. The molecule has 0 saturated heterocycles. The third-order valence-electron chi connectivity index (χ3n) is 5.97. The SMILES string of the molecule is COCc1nn2c3c(cnc2c1-c1ccc(OC)cc1)C(=O)CC(c1cccc(Cl)c1)C3. The third-order valence-corrected chi connectivity index (χ3v) is 6.20. The third kappa shape index (κ3) is 3.55. The van der Waals surface area contributed by atoms with Gasteiger partial charge in [0.25, 0.3) is 0 Å². The van der Waals surface area contributed by atoms with Crippen molar-refractivity contribution in [3.05, 3.63) is 82.3 Å². The second kappa shape index (κ2) is 8.37. The van der Waals surface area contributed by atoms with Gasteiger partial charge < -0.3 is 9.47 Å². The van der Waals surface area contributed by atoms with Gasteiger partial charge in [0, 0.05) is 24.8 Å². The summed E-state index contributed by atoms with van der Waals surface area (Å²) in [5.41, 5.74) is 5.90. The highest BCUT2D eigenvalue weighted by Gasteiger charge is 2.30. The Kier molecular flexibility index (Phi) is 5.41. The smallest absolute Gasteiger partial charge is 0.166 e. The molecule has 2 heterocycles. The van der Waals surface area contributed by atoms with E-state index in [0.717, 1.165) is 33.8 Å². The number of benzene rings is 2. The summed E-state index contributed by atoms with van der Waals surface area (Å²) in [6.45, 7) is 0.338. The van der Waals surface area contributed by atoms with Crippen molar-refractivity contribution >= 4 is 23.0 Å². The number of methoxy groups -OCH3 is 2. The first-order valence-electron chi connectivity index (χ1n) is 10.4. The second-order valence-corrected chi connectivity index (χ2v) is 8.36. The lowest BCUT2D eigenvalue weighted by molar-refractivity contribution is 0.0962. The molecule has 1 atom stereocenters. The van der Waals surface area contributed by atoms with Crippen LogP contribution < -0.4 is 4.74 Å². The molecule has 0 saturated carbocycles. The van der Waals surface area contributed by atoms with Crippen LogP contribution in [0.4, 0.5) is 0 Å². The number of carbonyl (C=O) groups is 1. The zero-order valence-corrected chi connectivity index (χ0v) is 18.6. The molecule has 4 aromatic rings. The number of halogens is 1. The van der Waals surface area contributed by atoms with Gasteiger partial charge in [-0.1, -0.05) is 35.9 Å². The maximum Gasteiger partial charge on any atom is 0.166 e. The first-order valence-corrected chi connectivity index (χ1v) is 10.8. The van der Waals surface area contributed by atoms with Gasteiger partial charge in [-0.25, -0.2) is 9.50 Å². The fraction of sp³-hybridized carbons (Fsp3) is 0.240. The lowest BCUT2D eigenvalue weighted by Crippen LogP contribution is -2.22. The van der Waals surface area contributed by atoms with Crippen molar-refractivity contribution in [2.24, 2.45) is 0 Å². The highest BCUT2D eigenvalue weighted by molar-refractivity contribution is 6.30. The van der Waals surface area contributed by atoms with Crippen LogP contribution >= 0.6 is 11.6 Å². The Hall–Kier alpha value is -3.22. The molecule has 1 aliphatic rings. The number of nitrogens with zero attached hydrogens (tertiary/aromatic N) is 3. The fourth-order valence-corrected chi connectivity index (χ4v) is 4.63. The van der Waals surface area contributed by atoms with E-state index in [2.05, 4.69) is 4.98 Å². The molecule has 2 aromatic carbocycles. The van der Waals surface area contributed by atoms with Crippen LogP contribution in [-0.2, 0) is 17.8 Å². The van der Waals surface area contributed by atoms with Crippen LogP contribution in [0.2, 0.25) is 5.02 Å². The molecule has 0 fully saturated rings. The molecular weight excluding hydrogens is 426 g/mol. The highest BCUT2D eigenvalue weighted by atomic mass is 35.5. The molecule has 1 aliphatic carbocycles. The summed E-state index contributed by atoms with van der Waals surface area (Å²) in [6, 6.07) is 15.5. The van der Waals surface area contributed by atoms with Gasteiger partial charge in [0.15, 0.2) is 11.4 Å². The average molecular weight is 448 g/mol. The Morgan fingerprint density at radius 1 is 1.12 bits per heavy atom. The molecule has 5 rings (SSSR count). The quantitative estimate of drug-likeness (QED) is 0.425. The van der Waals surface area contributed by atoms with Crippen molar-refractivity contribution in [2.75, 3.05) is 14.2 Å². The van der Waals surface area contributed by atoms with Crippen molar-refractivity contribution in [1.29, 1.82) is 0 Å². The Morgan fingerprint density at radius 2 is 1.94 bits per heavy atom. The van der Waals surface area contributed by atoms with Crippen LogP contribution in [0.25, 0.3) is 16.8 Å². The number of ether oxygens (including phenoxy) is 2. The molecule has 0 amide bonds. The van der Waals surface area contributed by atoms with Gasteiger partial charge in [0.1, 0.15) is 5.75 Å². The van der Waals surface area contributed by atoms with Crippen molar-refractivity contribution in [3.63, 3.8) is 0 Å². The highest BCUT2D eigenvalue weighted by Crippen LogP contribution is 2.36. The van der Waals surface area contributed by atoms with E-state index in [4.69, 9.17) is 26.2 Å². The topological polar surface area (TPSA) is 65.7 Å². The number of ketones is 1. The first-order chi connectivity index (χ1) is 15.6. The molecule has 0 aliphatic heterocycles. The zero-order valence-electron chi connectivity index (χ0n) is 17.8. The molecule has 0 bridgehead atoms. The molecule has 0 spiro atoms. The standard InChI is InChI=1S/C25H22ClN3O3/c1-31-14-21-24(15-6-8-19(32-2)9-7-15)25-27-13-20-22(29(25)28-21)11-17(12-23(20)30)16-4-3-5-18(26)10-16/h3-10,13,17H,11-12,14H2,1-2H3. The van der Waals surface area contributed by atoms with E-state index in [1.807, 2.05) is 53.0 Å². The molecule has 0 N–H and O–H groups in total. The van der Waals surface area contributed by atoms with Crippen molar-refractivity contribution < 1.29 is 14.3 Å². The summed E-state index contributed by atoms with van der Waals surface area (Å²) in [6.07, 6.45) is 2.79. The van der Waals surface area contributed by atoms with E-state index >= 15 is 0 Å². The van der Waals surface area contributed by atoms with E-state index in [1.54, 1.807) is 20.4 Å². The Morgan fingerprint density at radius 3 is 2.66 bits per heavy atom. The molecule has 7 heteroatoms. The van der Waals surface area contributed by atoms with Crippen LogP contribution in [0.15, 0.2) is 54.7 Å². The predicted molar refractivity (Wildman–Crippen MR) is 123 cm³/mol. The van der Waals surface area contributed by atoms with Gasteiger partial charge in [-0.3, -0.25) is 4.79 Å². The summed E-state index contributed by atoms with van der Waals surface area (Å²) in [7, 11) is 3.28. The Balaban J connectivity index is 1.66. The van der Waals surface area contributed by atoms with Gasteiger partial charge in [-0.15, -0.1) is 0 Å². The van der Waals surface area contributed by atoms with Crippen molar-refractivity contribution in [3.8, 4) is 16.9 Å². The minimum absolute atomic E-state index is 0.0406. The number of rotatable bonds is 5. The lowest BCUT2D eigenvalue weighted by Gasteiger charge is -2.24. The summed E-state index contributed by atoms with van der Waals surface area (Å²) in [4.78, 5) is 17.7. The maximum absolute atomic E-state index is 13.0. The maximum atomic E-state index is 13.0. The monoisotopic (exact) mass is 447 g/mol. The van der Waals surface area contributed by atoms with Crippen LogP contribution in [0, 0.1) is 0 Å². The summed E-state index contributed by atoms with van der Waals surface area (Å²) in [5.74, 6) is 0.887. The van der Waals surface area contributed by atoms with Crippen LogP contribution in [0.1, 0.15) is 39.6 Å². The van der Waals surface area contributed by atoms with Gasteiger partial charge in [0.2, 0.25) is 0 Å². The van der Waals surface area contributed by atoms with E-state index in [-0.39, 0.29) is 11.7 Å². The van der Waals surface area contributed by atoms with Gasteiger partial charge in [0.05, 0.1) is 36.2 Å². The Bertz CT molecular complexity index is 1310.